The van der Waals surface area contributed by atoms with E-state index in [4.69, 9.17) is 0 Å². The van der Waals surface area contributed by atoms with Gasteiger partial charge >= 0.3 is 11.0 Å². The average Bonchev–Trinajstić information content (AvgIpc) is 3.51. The Labute approximate surface area is 187 Å². The van der Waals surface area contributed by atoms with Crippen molar-refractivity contribution in [1.82, 2.24) is 39.7 Å². The van der Waals surface area contributed by atoms with Gasteiger partial charge in [-0.1, -0.05) is 11.8 Å². The van der Waals surface area contributed by atoms with Crippen LogP contribution in [0, 0.1) is 6.92 Å². The zero-order valence-electron chi connectivity index (χ0n) is 15.9. The lowest BCUT2D eigenvalue weighted by Gasteiger charge is -2.08. The van der Waals surface area contributed by atoms with Crippen molar-refractivity contribution < 1.29 is 10.1 Å². The molecule has 0 bridgehead atoms. The summed E-state index contributed by atoms with van der Waals surface area (Å²) in [5, 5.41) is 17.9. The summed E-state index contributed by atoms with van der Waals surface area (Å²) in [4.78, 5) is 27.8. The van der Waals surface area contributed by atoms with Crippen LogP contribution in [0.2, 0.25) is 0 Å². The van der Waals surface area contributed by atoms with E-state index in [0.29, 0.717) is 26.8 Å². The Kier molecular flexibility index (Phi) is 5.46. The normalized spacial score (nSPS) is 11.3. The molecule has 5 rings (SSSR count). The number of benzene rings is 1. The van der Waals surface area contributed by atoms with Crippen LogP contribution in [0.15, 0.2) is 62.8 Å². The van der Waals surface area contributed by atoms with E-state index in [0.717, 1.165) is 20.7 Å². The highest BCUT2D eigenvalue weighted by Crippen LogP contribution is 2.33. The highest BCUT2D eigenvalue weighted by atomic mass is 32.2. The number of carbonyl (C=O) groups is 1. The van der Waals surface area contributed by atoms with Crippen LogP contribution in [-0.2, 0) is 0 Å². The summed E-state index contributed by atoms with van der Waals surface area (Å²) < 4.78 is 4.13. The van der Waals surface area contributed by atoms with Gasteiger partial charge in [0.15, 0.2) is 10.9 Å². The molecule has 10 nitrogen and oxygen atoms in total. The van der Waals surface area contributed by atoms with E-state index in [9.17, 15) is 4.79 Å². The smallest absolute Gasteiger partial charge is 0.278 e. The number of fused-ring (bicyclic) bond motifs is 1. The Hall–Kier alpha value is -3.13. The Morgan fingerprint density at radius 2 is 2.03 bits per heavy atom. The van der Waals surface area contributed by atoms with Crippen molar-refractivity contribution in [2.24, 2.45) is 0 Å². The minimum Gasteiger partial charge on any atom is -0.278 e. The second-order valence-corrected chi connectivity index (χ2v) is 9.21. The summed E-state index contributed by atoms with van der Waals surface area (Å²) in [5.74, 6) is 0.401. The van der Waals surface area contributed by atoms with Gasteiger partial charge in [0.25, 0.3) is 0 Å². The van der Waals surface area contributed by atoms with Gasteiger partial charge in [-0.25, -0.2) is 20.1 Å². The number of nitrogens with zero attached hydrogens (tertiary/aromatic N) is 6. The predicted molar refractivity (Wildman–Crippen MR) is 116 cm³/mol. The number of nitrogens with one attached hydrogen (secondary N) is 2. The van der Waals surface area contributed by atoms with E-state index < -0.39 is 0 Å². The second-order valence-electron chi connectivity index (χ2n) is 6.30. The monoisotopic (exact) mass is 468 g/mol. The molecule has 1 aromatic carbocycles. The van der Waals surface area contributed by atoms with Crippen LogP contribution in [0.4, 0.5) is 5.13 Å². The van der Waals surface area contributed by atoms with Gasteiger partial charge in [-0.15, -0.1) is 0 Å². The fourth-order valence-corrected chi connectivity index (χ4v) is 4.97. The molecule has 0 aliphatic heterocycles. The summed E-state index contributed by atoms with van der Waals surface area (Å²) in [6.45, 7) is 1.79. The number of rotatable bonds is 6. The number of H-pyrrole nitrogens is 2. The first kappa shape index (κ1) is 19.8. The molecule has 1 amide bonds. The van der Waals surface area contributed by atoms with Crippen LogP contribution in [0.1, 0.15) is 16.3 Å². The fourth-order valence-electron chi connectivity index (χ4n) is 2.75. The van der Waals surface area contributed by atoms with Crippen molar-refractivity contribution in [2.75, 3.05) is 0 Å². The molecule has 0 radical (unpaired) electrons. The lowest BCUT2D eigenvalue weighted by atomic mass is 10.3. The van der Waals surface area contributed by atoms with E-state index in [1.54, 1.807) is 13.1 Å². The van der Waals surface area contributed by atoms with Crippen molar-refractivity contribution in [3.05, 3.63) is 54.4 Å². The molecule has 0 aliphatic carbocycles. The number of amides is 1. The van der Waals surface area contributed by atoms with Gasteiger partial charge in [-0.3, -0.25) is 10.2 Å². The van der Waals surface area contributed by atoms with Gasteiger partial charge in [-0.2, -0.15) is 19.6 Å². The highest BCUT2D eigenvalue weighted by Gasteiger charge is 2.22. The number of aromatic nitrogens is 8. The number of primary amides is 1. The number of hydrogen-bond donors (Lipinski definition) is 3. The highest BCUT2D eigenvalue weighted by molar-refractivity contribution is 7.99. The molecular weight excluding hydrogens is 454 g/mol. The van der Waals surface area contributed by atoms with E-state index in [1.165, 1.54) is 46.7 Å². The first-order valence-corrected chi connectivity index (χ1v) is 11.4. The topological polar surface area (TPSA) is 143 Å². The lowest BCUT2D eigenvalue weighted by molar-refractivity contribution is -0.464. The fraction of sp³-hybridized carbons (Fsp3) is 0.0556. The molecule has 4 aromatic heterocycles. The number of quaternary nitrogens is 1. The maximum absolute atomic E-state index is 13.1. The van der Waals surface area contributed by atoms with Gasteiger partial charge in [0, 0.05) is 26.7 Å². The summed E-state index contributed by atoms with van der Waals surface area (Å²) >= 11 is 3.95. The van der Waals surface area contributed by atoms with Crippen LogP contribution < -0.4 is 5.32 Å². The van der Waals surface area contributed by atoms with Crippen molar-refractivity contribution in [2.45, 2.75) is 26.9 Å². The van der Waals surface area contributed by atoms with Crippen LogP contribution >= 0.6 is 35.1 Å². The quantitative estimate of drug-likeness (QED) is 0.342. The number of aryl methyl sites for hydroxylation is 1. The molecule has 0 aliphatic rings. The molecule has 0 fully saturated rings. The molecule has 0 spiro atoms. The molecule has 0 unspecified atom stereocenters. The SMILES string of the molecule is Cc1nsc([NH2+]C(=O)c2nc(Sc3ncn[nH]3)ccc2Sc2ccc3[nH]ncc3c2)n1. The van der Waals surface area contributed by atoms with Gasteiger partial charge in [0.05, 0.1) is 11.7 Å². The van der Waals surface area contributed by atoms with E-state index in [-0.39, 0.29) is 5.91 Å². The molecule has 0 saturated heterocycles. The first-order valence-electron chi connectivity index (χ1n) is 8.99. The van der Waals surface area contributed by atoms with Crippen LogP contribution in [0.3, 0.4) is 0 Å². The second kappa shape index (κ2) is 8.55. The molecule has 0 atom stereocenters. The Balaban J connectivity index is 1.48. The van der Waals surface area contributed by atoms with Crippen molar-refractivity contribution in [1.29, 1.82) is 0 Å². The molecule has 4 N–H and O–H groups in total. The average molecular weight is 469 g/mol. The largest absolute Gasteiger partial charge is 0.369 e. The minimum absolute atomic E-state index is 0.233. The van der Waals surface area contributed by atoms with E-state index in [1.807, 2.05) is 30.3 Å². The van der Waals surface area contributed by atoms with Crippen molar-refractivity contribution in [3.8, 4) is 0 Å². The zero-order valence-corrected chi connectivity index (χ0v) is 18.4. The summed E-state index contributed by atoms with van der Waals surface area (Å²) in [6.07, 6.45) is 3.20. The Bertz CT molecular complexity index is 1360. The maximum Gasteiger partial charge on any atom is 0.369 e. The Morgan fingerprint density at radius 3 is 2.84 bits per heavy atom. The number of pyridine rings is 1. The molecule has 5 aromatic rings. The molecule has 31 heavy (non-hydrogen) atoms. The van der Waals surface area contributed by atoms with Crippen molar-refractivity contribution in [3.63, 3.8) is 0 Å². The standard InChI is InChI=1S/C18H13N9OS3/c1-9-22-18(31-27-9)24-16(28)15-13(4-5-14(23-15)30-17-19-8-21-26-17)29-11-2-3-12-10(6-11)7-20-25-12/h2-8H,1H3,(H,20,25)(H,19,21,26)(H,22,24,27,28)/p+1. The molecule has 0 saturated carbocycles. The molecule has 4 heterocycles. The van der Waals surface area contributed by atoms with Gasteiger partial charge in [0.2, 0.25) is 0 Å². The maximum atomic E-state index is 13.1. The number of nitrogens with two attached hydrogens (primary N) is 1. The zero-order chi connectivity index (χ0) is 21.2. The third-order valence-electron chi connectivity index (χ3n) is 4.10. The molecular formula is C18H14N9OS3+. The first-order chi connectivity index (χ1) is 15.1. The van der Waals surface area contributed by atoms with Crippen LogP contribution in [0.5, 0.6) is 0 Å². The summed E-state index contributed by atoms with van der Waals surface area (Å²) in [5.41, 5.74) is 1.30. The third-order valence-corrected chi connectivity index (χ3v) is 6.71. The van der Waals surface area contributed by atoms with Crippen molar-refractivity contribution >= 4 is 57.0 Å². The van der Waals surface area contributed by atoms with E-state index in [2.05, 4.69) is 39.7 Å². The summed E-state index contributed by atoms with van der Waals surface area (Å²) in [7, 11) is 0. The van der Waals surface area contributed by atoms with E-state index >= 15 is 0 Å². The number of carbonyl (C=O) groups excluding carboxylic acids is 1. The Morgan fingerprint density at radius 1 is 1.10 bits per heavy atom. The van der Waals surface area contributed by atoms with Crippen LogP contribution in [0.25, 0.3) is 10.9 Å². The summed E-state index contributed by atoms with van der Waals surface area (Å²) in [6, 6.07) is 9.71. The third kappa shape index (κ3) is 4.49. The molecule has 13 heteroatoms. The lowest BCUT2D eigenvalue weighted by Crippen LogP contribution is -2.82. The molecule has 154 valence electrons. The van der Waals surface area contributed by atoms with Crippen LogP contribution in [-0.4, -0.2) is 45.6 Å². The van der Waals surface area contributed by atoms with Gasteiger partial charge < -0.3 is 0 Å². The van der Waals surface area contributed by atoms with Gasteiger partial charge in [-0.05, 0) is 49.0 Å². The number of hydrogen-bond acceptors (Lipinski definition) is 10. The minimum atomic E-state index is -0.233. The van der Waals surface area contributed by atoms with Gasteiger partial charge in [0.1, 0.15) is 17.2 Å². The number of aromatic amines is 2. The predicted octanol–water partition coefficient (Wildman–Crippen LogP) is 2.57.